The van der Waals surface area contributed by atoms with Crippen LogP contribution in [0.1, 0.15) is 78.6 Å². The summed E-state index contributed by atoms with van der Waals surface area (Å²) in [6, 6.07) is 0. The van der Waals surface area contributed by atoms with Crippen LogP contribution in [-0.4, -0.2) is 175 Å². The lowest BCUT2D eigenvalue weighted by Crippen LogP contribution is -2.67. The average molecular weight is 805 g/mol. The van der Waals surface area contributed by atoms with E-state index in [0.717, 1.165) is 32.1 Å². The van der Waals surface area contributed by atoms with Crippen molar-refractivity contribution >= 4 is 11.8 Å². The van der Waals surface area contributed by atoms with Gasteiger partial charge < -0.3 is 79.5 Å². The van der Waals surface area contributed by atoms with Crippen LogP contribution in [0.15, 0.2) is 0 Å². The van der Waals surface area contributed by atoms with Gasteiger partial charge in [0.1, 0.15) is 72.9 Å². The fraction of sp³-hybridized carbons (Fsp3) is 0.947. The van der Waals surface area contributed by atoms with E-state index in [1.807, 2.05) is 6.92 Å². The third kappa shape index (κ3) is 6.77. The number of hydrogen-bond acceptors (Lipinski definition) is 18. The van der Waals surface area contributed by atoms with Crippen molar-refractivity contribution in [1.29, 1.82) is 0 Å². The van der Waals surface area contributed by atoms with Gasteiger partial charge in [-0.1, -0.05) is 20.3 Å². The van der Waals surface area contributed by atoms with E-state index in [1.165, 1.54) is 0 Å². The Kier molecular flexibility index (Phi) is 11.8. The van der Waals surface area contributed by atoms with Gasteiger partial charge in [0.05, 0.1) is 25.2 Å². The summed E-state index contributed by atoms with van der Waals surface area (Å²) in [6.45, 7) is 3.70. The van der Waals surface area contributed by atoms with Crippen molar-refractivity contribution in [3.05, 3.63) is 0 Å². The van der Waals surface area contributed by atoms with Gasteiger partial charge in [0.15, 0.2) is 18.7 Å². The van der Waals surface area contributed by atoms with E-state index in [4.69, 9.17) is 28.4 Å². The Morgan fingerprint density at radius 3 is 1.73 bits per heavy atom. The van der Waals surface area contributed by atoms with Crippen LogP contribution in [-0.2, 0) is 38.0 Å². The zero-order chi connectivity index (χ0) is 40.7. The highest BCUT2D eigenvalue weighted by Crippen LogP contribution is 2.73. The molecule has 4 aliphatic carbocycles. The first-order valence-corrected chi connectivity index (χ1v) is 20.0. The highest BCUT2D eigenvalue weighted by atomic mass is 16.8. The fourth-order valence-electron chi connectivity index (χ4n) is 12.1. The van der Waals surface area contributed by atoms with Crippen LogP contribution < -0.4 is 0 Å². The molecular weight excluding hydrogens is 744 g/mol. The number of Topliss-reactive ketones (excluding diaryl/α,β-unsaturated/α-hetero) is 1. The summed E-state index contributed by atoms with van der Waals surface area (Å²) in [7, 11) is 0. The standard InChI is InChI=1S/C38H60O18/c1-35-9-5-20-36(2)7-4-8-37(3,19(36)6-10-38(20,15-35)11-21(35)42)34(50)56-33-30(55-32-28(49)26(47)23(44)17(13-40)52-32)29(24(45)18(14-41)53-33)54-31-27(48)25(46)22(43)16(12-39)51-31/h16-20,22-33,39-41,43-49H,4-15H2,1-3H3/t16?,17?,18?,19?,20-,22?,23?,24?,25?,26?,27?,28?,29?,30?,31?,32?,33?,35-,36+,37+,38+/m0/s1. The maximum atomic E-state index is 14.8. The Morgan fingerprint density at radius 2 is 1.16 bits per heavy atom. The van der Waals surface area contributed by atoms with Gasteiger partial charge in [0.25, 0.3) is 0 Å². The lowest BCUT2D eigenvalue weighted by Gasteiger charge is -2.64. The molecule has 21 atom stereocenters. The number of rotatable bonds is 9. The SMILES string of the molecule is C[C@@]12CC[C@@H]3[C@](CCC4[C@](C)(C(=O)OC5OC(CO)C(O)C(OC6OC(CO)C(O)C(O)C6O)C5OC5OC(CO)C(O)C(O)C5O)CCC[C@]43C)(CC1=O)C2. The number of fused-ring (bicyclic) bond motifs is 3. The Balaban J connectivity index is 1.20. The normalized spacial score (nSPS) is 54.6. The molecule has 7 aliphatic rings. The third-order valence-corrected chi connectivity index (χ3v) is 15.1. The maximum Gasteiger partial charge on any atom is 0.314 e. The molecule has 18 nitrogen and oxygen atoms in total. The van der Waals surface area contributed by atoms with E-state index in [2.05, 4.69) is 13.8 Å². The summed E-state index contributed by atoms with van der Waals surface area (Å²) in [5.41, 5.74) is -1.80. The van der Waals surface area contributed by atoms with Crippen LogP contribution in [0.4, 0.5) is 0 Å². The van der Waals surface area contributed by atoms with Crippen molar-refractivity contribution in [1.82, 2.24) is 0 Å². The number of hydrogen-bond donors (Lipinski definition) is 10. The van der Waals surface area contributed by atoms with Gasteiger partial charge in [0, 0.05) is 11.8 Å². The molecule has 1 spiro atoms. The number of aliphatic hydroxyl groups excluding tert-OH is 10. The Hall–Kier alpha value is -1.46. The predicted octanol–water partition coefficient (Wildman–Crippen LogP) is -2.65. The molecule has 18 heteroatoms. The molecule has 56 heavy (non-hydrogen) atoms. The molecule has 3 aliphatic heterocycles. The lowest BCUT2D eigenvalue weighted by molar-refractivity contribution is -0.388. The number of carbonyl (C=O) groups excluding carboxylic acids is 2. The first-order chi connectivity index (χ1) is 26.4. The topological polar surface area (TPSA) is 292 Å². The van der Waals surface area contributed by atoms with Crippen molar-refractivity contribution in [2.45, 2.75) is 171 Å². The molecule has 0 aromatic rings. The number of aliphatic hydroxyl groups is 10. The molecule has 10 N–H and O–H groups in total. The minimum atomic E-state index is -1.96. The Labute approximate surface area is 324 Å². The second-order valence-corrected chi connectivity index (χ2v) is 18.4. The largest absolute Gasteiger partial charge is 0.432 e. The highest BCUT2D eigenvalue weighted by Gasteiger charge is 2.69. The molecule has 0 amide bonds. The summed E-state index contributed by atoms with van der Waals surface area (Å²) in [5.74, 6) is -0.291. The van der Waals surface area contributed by atoms with E-state index in [-0.39, 0.29) is 28.1 Å². The van der Waals surface area contributed by atoms with Crippen molar-refractivity contribution in [2.75, 3.05) is 19.8 Å². The van der Waals surface area contributed by atoms with Gasteiger partial charge in [-0.3, -0.25) is 9.59 Å². The average Bonchev–Trinajstić information content (AvgIpc) is 3.35. The highest BCUT2D eigenvalue weighted by molar-refractivity contribution is 5.88. The smallest absolute Gasteiger partial charge is 0.314 e. The summed E-state index contributed by atoms with van der Waals surface area (Å²) in [4.78, 5) is 28.0. The van der Waals surface area contributed by atoms with Crippen LogP contribution >= 0.6 is 0 Å². The van der Waals surface area contributed by atoms with Crippen molar-refractivity contribution in [2.24, 2.45) is 33.5 Å². The first-order valence-electron chi connectivity index (χ1n) is 20.0. The van der Waals surface area contributed by atoms with Gasteiger partial charge in [0.2, 0.25) is 6.29 Å². The molecule has 2 bridgehead atoms. The minimum absolute atomic E-state index is 0.117. The molecule has 0 aromatic heterocycles. The zero-order valence-electron chi connectivity index (χ0n) is 32.0. The molecule has 320 valence electrons. The van der Waals surface area contributed by atoms with Crippen molar-refractivity contribution in [3.8, 4) is 0 Å². The molecular formula is C38H60O18. The van der Waals surface area contributed by atoms with Gasteiger partial charge in [-0.25, -0.2) is 0 Å². The van der Waals surface area contributed by atoms with Gasteiger partial charge in [-0.05, 0) is 74.5 Å². The molecule has 7 rings (SSSR count). The molecule has 7 fully saturated rings. The Bertz CT molecular complexity index is 1450. The second kappa shape index (κ2) is 15.5. The summed E-state index contributed by atoms with van der Waals surface area (Å²) >= 11 is 0. The molecule has 3 heterocycles. The van der Waals surface area contributed by atoms with Crippen LogP contribution in [0.2, 0.25) is 0 Å². The second-order valence-electron chi connectivity index (χ2n) is 18.4. The van der Waals surface area contributed by atoms with E-state index in [0.29, 0.717) is 31.5 Å². The number of esters is 1. The maximum absolute atomic E-state index is 14.8. The summed E-state index contributed by atoms with van der Waals surface area (Å²) < 4.78 is 35.3. The molecule has 16 unspecified atom stereocenters. The van der Waals surface area contributed by atoms with Crippen LogP contribution in [0, 0.1) is 33.5 Å². The quantitative estimate of drug-likeness (QED) is 0.107. The third-order valence-electron chi connectivity index (χ3n) is 15.1. The van der Waals surface area contributed by atoms with Gasteiger partial charge in [-0.2, -0.15) is 0 Å². The monoisotopic (exact) mass is 804 g/mol. The lowest BCUT2D eigenvalue weighted by atomic mass is 9.40. The van der Waals surface area contributed by atoms with Crippen LogP contribution in [0.25, 0.3) is 0 Å². The zero-order valence-corrected chi connectivity index (χ0v) is 32.0. The number of ketones is 1. The minimum Gasteiger partial charge on any atom is -0.432 e. The summed E-state index contributed by atoms with van der Waals surface area (Å²) in [6.07, 6.45) is -20.0. The predicted molar refractivity (Wildman–Crippen MR) is 185 cm³/mol. The Morgan fingerprint density at radius 1 is 0.643 bits per heavy atom. The number of ether oxygens (including phenoxy) is 6. The van der Waals surface area contributed by atoms with Crippen LogP contribution in [0.3, 0.4) is 0 Å². The van der Waals surface area contributed by atoms with E-state index in [1.54, 1.807) is 0 Å². The number of carbonyl (C=O) groups is 2. The summed E-state index contributed by atoms with van der Waals surface area (Å²) in [5, 5.41) is 105. The first kappa shape index (κ1) is 42.7. The van der Waals surface area contributed by atoms with Crippen molar-refractivity contribution in [3.63, 3.8) is 0 Å². The molecule has 3 saturated heterocycles. The van der Waals surface area contributed by atoms with Crippen molar-refractivity contribution < 1.29 is 89.1 Å². The van der Waals surface area contributed by atoms with E-state index < -0.39 is 123 Å². The van der Waals surface area contributed by atoms with E-state index in [9.17, 15) is 60.7 Å². The fourth-order valence-corrected chi connectivity index (χ4v) is 12.1. The van der Waals surface area contributed by atoms with Gasteiger partial charge >= 0.3 is 5.97 Å². The van der Waals surface area contributed by atoms with E-state index >= 15 is 0 Å². The van der Waals surface area contributed by atoms with Crippen LogP contribution in [0.5, 0.6) is 0 Å². The molecule has 0 aromatic carbocycles. The van der Waals surface area contributed by atoms with Gasteiger partial charge in [-0.15, -0.1) is 0 Å². The molecule has 4 saturated carbocycles. The molecule has 0 radical (unpaired) electrons.